The molecule has 1 N–H and O–H groups in total. The molecule has 2 aliphatic rings. The Kier molecular flexibility index (Phi) is 4.22. The maximum atomic E-state index is 5.00. The fourth-order valence-electron chi connectivity index (χ4n) is 3.64. The molecule has 1 aliphatic heterocycles. The molecule has 2 aromatic rings. The highest BCUT2D eigenvalue weighted by atomic mass is 15.3. The summed E-state index contributed by atoms with van der Waals surface area (Å²) in [6.45, 7) is 2.04. The van der Waals surface area contributed by atoms with Gasteiger partial charge in [0, 0.05) is 62.8 Å². The second kappa shape index (κ2) is 6.51. The predicted octanol–water partition coefficient (Wildman–Crippen LogP) is 2.60. The first-order chi connectivity index (χ1) is 11.7. The van der Waals surface area contributed by atoms with E-state index >= 15 is 0 Å². The molecule has 1 saturated carbocycles. The first-order valence-corrected chi connectivity index (χ1v) is 9.02. The molecule has 0 radical (unpaired) electrons. The van der Waals surface area contributed by atoms with Crippen LogP contribution in [-0.2, 0) is 0 Å². The third-order valence-corrected chi connectivity index (χ3v) is 5.23. The lowest BCUT2D eigenvalue weighted by Gasteiger charge is -2.26. The summed E-state index contributed by atoms with van der Waals surface area (Å²) in [6, 6.07) is 0.557. The van der Waals surface area contributed by atoms with Crippen LogP contribution in [0.25, 0.3) is 11.1 Å². The van der Waals surface area contributed by atoms with Gasteiger partial charge in [0.15, 0.2) is 0 Å². The molecule has 1 saturated heterocycles. The minimum atomic E-state index is 0.512. The molecule has 6 heteroatoms. The van der Waals surface area contributed by atoms with E-state index in [-0.39, 0.29) is 0 Å². The molecule has 0 unspecified atom stereocenters. The van der Waals surface area contributed by atoms with Gasteiger partial charge in [-0.3, -0.25) is 4.68 Å². The van der Waals surface area contributed by atoms with Crippen LogP contribution < -0.4 is 10.2 Å². The van der Waals surface area contributed by atoms with Gasteiger partial charge in [0.25, 0.3) is 0 Å². The summed E-state index contributed by atoms with van der Waals surface area (Å²) in [4.78, 5) is 10.9. The average molecular weight is 326 g/mol. The van der Waals surface area contributed by atoms with Crippen LogP contribution in [0.1, 0.15) is 49.8 Å². The van der Waals surface area contributed by atoms with E-state index in [0.717, 1.165) is 24.6 Å². The van der Waals surface area contributed by atoms with Gasteiger partial charge >= 0.3 is 0 Å². The first kappa shape index (κ1) is 15.6. The topological polar surface area (TPSA) is 58.9 Å². The minimum Gasteiger partial charge on any atom is -0.347 e. The van der Waals surface area contributed by atoms with E-state index in [9.17, 15) is 0 Å². The molecular weight excluding hydrogens is 300 g/mol. The minimum absolute atomic E-state index is 0.512. The Hall–Kier alpha value is -1.95. The van der Waals surface area contributed by atoms with Crippen LogP contribution in [0.5, 0.6) is 0 Å². The van der Waals surface area contributed by atoms with Crippen molar-refractivity contribution < 1.29 is 0 Å². The number of hydrogen-bond acceptors (Lipinski definition) is 5. The Labute approximate surface area is 143 Å². The molecule has 0 amide bonds. The van der Waals surface area contributed by atoms with Crippen molar-refractivity contribution in [1.82, 2.24) is 25.1 Å². The van der Waals surface area contributed by atoms with Crippen molar-refractivity contribution in [3.8, 4) is 11.1 Å². The van der Waals surface area contributed by atoms with Crippen molar-refractivity contribution in [2.24, 2.45) is 0 Å². The van der Waals surface area contributed by atoms with E-state index in [4.69, 9.17) is 5.10 Å². The Balaban J connectivity index is 1.68. The second-order valence-corrected chi connectivity index (χ2v) is 7.22. The van der Waals surface area contributed by atoms with Crippen LogP contribution in [0, 0.1) is 0 Å². The molecule has 0 aromatic carbocycles. The van der Waals surface area contributed by atoms with Crippen LogP contribution in [0.2, 0.25) is 0 Å². The fourth-order valence-corrected chi connectivity index (χ4v) is 3.64. The van der Waals surface area contributed by atoms with Crippen molar-refractivity contribution >= 4 is 5.95 Å². The van der Waals surface area contributed by atoms with Gasteiger partial charge in [-0.05, 0) is 12.8 Å². The van der Waals surface area contributed by atoms with Gasteiger partial charge in [-0.1, -0.05) is 19.3 Å². The highest BCUT2D eigenvalue weighted by molar-refractivity contribution is 5.65. The van der Waals surface area contributed by atoms with E-state index in [2.05, 4.69) is 26.2 Å². The number of nitrogens with one attached hydrogen (secondary N) is 1. The fraction of sp³-hybridized carbons (Fsp3) is 0.611. The van der Waals surface area contributed by atoms with Gasteiger partial charge in [-0.25, -0.2) is 9.97 Å². The van der Waals surface area contributed by atoms with E-state index in [1.165, 1.54) is 43.4 Å². The molecular formula is C18H26N6. The van der Waals surface area contributed by atoms with Crippen LogP contribution in [0.3, 0.4) is 0 Å². The molecule has 128 valence electrons. The lowest BCUT2D eigenvalue weighted by Crippen LogP contribution is -2.40. The van der Waals surface area contributed by atoms with Crippen molar-refractivity contribution in [1.29, 1.82) is 0 Å². The lowest BCUT2D eigenvalue weighted by molar-refractivity contribution is 0.324. The molecule has 2 aromatic heterocycles. The molecule has 6 nitrogen and oxygen atoms in total. The van der Waals surface area contributed by atoms with Gasteiger partial charge in [0.2, 0.25) is 5.95 Å². The van der Waals surface area contributed by atoms with E-state index in [0.29, 0.717) is 12.0 Å². The summed E-state index contributed by atoms with van der Waals surface area (Å²) >= 11 is 0. The van der Waals surface area contributed by atoms with E-state index < -0.39 is 0 Å². The Morgan fingerprint density at radius 1 is 1.08 bits per heavy atom. The lowest BCUT2D eigenvalue weighted by atomic mass is 9.94. The van der Waals surface area contributed by atoms with Gasteiger partial charge in [-0.15, -0.1) is 0 Å². The summed E-state index contributed by atoms with van der Waals surface area (Å²) in [5, 5.41) is 8.36. The highest BCUT2D eigenvalue weighted by Crippen LogP contribution is 2.34. The summed E-state index contributed by atoms with van der Waals surface area (Å²) in [5.74, 6) is 1.25. The standard InChI is InChI=1S/C18H26N6/c1-23(2)18-20-10-13(11-21-18)16-12-24(15-6-4-3-5-7-15)22-17(16)14-8-19-9-14/h10-12,14-15,19H,3-9H2,1-2H3. The van der Waals surface area contributed by atoms with Crippen LogP contribution in [0.15, 0.2) is 18.6 Å². The van der Waals surface area contributed by atoms with Crippen molar-refractivity contribution in [3.63, 3.8) is 0 Å². The molecule has 4 rings (SSSR count). The smallest absolute Gasteiger partial charge is 0.224 e. The summed E-state index contributed by atoms with van der Waals surface area (Å²) < 4.78 is 2.22. The number of nitrogens with zero attached hydrogens (tertiary/aromatic N) is 5. The van der Waals surface area contributed by atoms with Crippen molar-refractivity contribution in [2.45, 2.75) is 44.1 Å². The number of hydrogen-bond donors (Lipinski definition) is 1. The van der Waals surface area contributed by atoms with E-state index in [1.54, 1.807) is 0 Å². The second-order valence-electron chi connectivity index (χ2n) is 7.22. The van der Waals surface area contributed by atoms with Gasteiger partial charge in [0.1, 0.15) is 0 Å². The quantitative estimate of drug-likeness (QED) is 0.936. The zero-order chi connectivity index (χ0) is 16.5. The summed E-state index contributed by atoms with van der Waals surface area (Å²) in [5.41, 5.74) is 3.49. The molecule has 24 heavy (non-hydrogen) atoms. The summed E-state index contributed by atoms with van der Waals surface area (Å²) in [6.07, 6.45) is 12.6. The number of aromatic nitrogens is 4. The number of anilines is 1. The molecule has 2 fully saturated rings. The van der Waals surface area contributed by atoms with Crippen molar-refractivity contribution in [3.05, 3.63) is 24.3 Å². The third-order valence-electron chi connectivity index (χ3n) is 5.23. The molecule has 3 heterocycles. The van der Waals surface area contributed by atoms with Crippen LogP contribution in [0.4, 0.5) is 5.95 Å². The number of rotatable bonds is 4. The monoisotopic (exact) mass is 326 g/mol. The van der Waals surface area contributed by atoms with Gasteiger partial charge < -0.3 is 10.2 Å². The predicted molar refractivity (Wildman–Crippen MR) is 95.3 cm³/mol. The van der Waals surface area contributed by atoms with Gasteiger partial charge in [0.05, 0.1) is 11.7 Å². The average Bonchev–Trinajstić information content (AvgIpc) is 2.99. The highest BCUT2D eigenvalue weighted by Gasteiger charge is 2.28. The summed E-state index contributed by atoms with van der Waals surface area (Å²) in [7, 11) is 3.92. The van der Waals surface area contributed by atoms with Gasteiger partial charge in [-0.2, -0.15) is 5.10 Å². The maximum Gasteiger partial charge on any atom is 0.224 e. The van der Waals surface area contributed by atoms with E-state index in [1.807, 2.05) is 31.4 Å². The molecule has 0 bridgehead atoms. The first-order valence-electron chi connectivity index (χ1n) is 9.02. The Bertz CT molecular complexity index is 680. The SMILES string of the molecule is CN(C)c1ncc(-c2cn(C3CCCCC3)nc2C2CNC2)cn1. The Morgan fingerprint density at radius 3 is 2.38 bits per heavy atom. The molecule has 1 aliphatic carbocycles. The third kappa shape index (κ3) is 2.90. The largest absolute Gasteiger partial charge is 0.347 e. The van der Waals surface area contributed by atoms with Crippen molar-refractivity contribution in [2.75, 3.05) is 32.1 Å². The maximum absolute atomic E-state index is 5.00. The Morgan fingerprint density at radius 2 is 1.79 bits per heavy atom. The van der Waals surface area contributed by atoms with Crippen LogP contribution in [-0.4, -0.2) is 46.9 Å². The van der Waals surface area contributed by atoms with Crippen LogP contribution >= 0.6 is 0 Å². The molecule has 0 spiro atoms. The normalized spacial score (nSPS) is 19.2. The molecule has 0 atom stereocenters. The zero-order valence-electron chi connectivity index (χ0n) is 14.6. The zero-order valence-corrected chi connectivity index (χ0v) is 14.6.